The van der Waals surface area contributed by atoms with Crippen molar-refractivity contribution >= 4 is 5.91 Å². The fourth-order valence-corrected chi connectivity index (χ4v) is 4.73. The van der Waals surface area contributed by atoms with E-state index in [1.165, 1.54) is 0 Å². The second-order valence-electron chi connectivity index (χ2n) is 8.35. The summed E-state index contributed by atoms with van der Waals surface area (Å²) in [5.41, 5.74) is 0.806. The summed E-state index contributed by atoms with van der Waals surface area (Å²) in [6.07, 6.45) is 6.58. The number of likely N-dealkylation sites (N-methyl/N-ethyl adjacent to an activating group) is 1. The highest BCUT2D eigenvalue weighted by molar-refractivity contribution is 5.76. The van der Waals surface area contributed by atoms with Crippen LogP contribution in [0.25, 0.3) is 11.4 Å². The summed E-state index contributed by atoms with van der Waals surface area (Å²) in [6.45, 7) is 1.67. The number of fused-ring (bicyclic) bond motifs is 1. The van der Waals surface area contributed by atoms with Crippen LogP contribution in [0.5, 0.6) is 0 Å². The number of rotatable bonds is 6. The van der Waals surface area contributed by atoms with E-state index in [0.717, 1.165) is 31.5 Å². The number of ether oxygens (including phenoxy) is 1. The maximum Gasteiger partial charge on any atom is 0.227 e. The van der Waals surface area contributed by atoms with Gasteiger partial charge in [-0.3, -0.25) is 9.78 Å². The first kappa shape index (κ1) is 20.0. The third-order valence-electron chi connectivity index (χ3n) is 6.34. The lowest BCUT2D eigenvalue weighted by Gasteiger charge is -2.40. The van der Waals surface area contributed by atoms with Crippen LogP contribution in [0.4, 0.5) is 0 Å². The van der Waals surface area contributed by atoms with Crippen LogP contribution in [-0.4, -0.2) is 77.3 Å². The molecule has 0 bridgehead atoms. The molecule has 0 N–H and O–H groups in total. The summed E-state index contributed by atoms with van der Waals surface area (Å²) in [5.74, 6) is 2.24. The van der Waals surface area contributed by atoms with Crippen molar-refractivity contribution in [1.82, 2.24) is 24.9 Å². The van der Waals surface area contributed by atoms with Gasteiger partial charge in [0.05, 0.1) is 6.10 Å². The summed E-state index contributed by atoms with van der Waals surface area (Å²) in [5, 5.41) is 3.99. The second-order valence-corrected chi connectivity index (χ2v) is 8.35. The van der Waals surface area contributed by atoms with Gasteiger partial charge in [0.2, 0.25) is 17.6 Å². The van der Waals surface area contributed by atoms with Crippen LogP contribution in [0.15, 0.2) is 29.0 Å². The van der Waals surface area contributed by atoms with E-state index in [0.29, 0.717) is 42.4 Å². The smallest absolute Gasteiger partial charge is 0.227 e. The SMILES string of the molecule is CO[C@@H]1C[C@H]2CN(C(=O)CCc3nc(-c4cccnc4)no3)C[C@H]2C[C@H]1N(C)C. The molecule has 8 nitrogen and oxygen atoms in total. The minimum atomic E-state index is 0.163. The maximum atomic E-state index is 12.8. The third kappa shape index (κ3) is 4.33. The van der Waals surface area contributed by atoms with Crippen LogP contribution in [0.1, 0.15) is 25.2 Å². The van der Waals surface area contributed by atoms with Crippen LogP contribution >= 0.6 is 0 Å². The van der Waals surface area contributed by atoms with Crippen molar-refractivity contribution in [3.05, 3.63) is 30.4 Å². The molecule has 2 aliphatic rings. The molecule has 2 aromatic heterocycles. The maximum absolute atomic E-state index is 12.8. The van der Waals surface area contributed by atoms with Crippen LogP contribution in [-0.2, 0) is 16.0 Å². The quantitative estimate of drug-likeness (QED) is 0.733. The van der Waals surface area contributed by atoms with Crippen molar-refractivity contribution in [3.63, 3.8) is 0 Å². The van der Waals surface area contributed by atoms with Crippen molar-refractivity contribution in [3.8, 4) is 11.4 Å². The highest BCUT2D eigenvalue weighted by Gasteiger charge is 2.44. The molecular weight excluding hydrogens is 370 g/mol. The van der Waals surface area contributed by atoms with Gasteiger partial charge in [-0.05, 0) is 50.9 Å². The van der Waals surface area contributed by atoms with Gasteiger partial charge in [-0.25, -0.2) is 0 Å². The minimum absolute atomic E-state index is 0.163. The first-order chi connectivity index (χ1) is 14.0. The Labute approximate surface area is 171 Å². The second kappa shape index (κ2) is 8.59. The molecule has 1 aliphatic carbocycles. The predicted molar refractivity (Wildman–Crippen MR) is 107 cm³/mol. The largest absolute Gasteiger partial charge is 0.380 e. The topological polar surface area (TPSA) is 84.6 Å². The van der Waals surface area contributed by atoms with E-state index in [4.69, 9.17) is 9.26 Å². The molecule has 4 atom stereocenters. The van der Waals surface area contributed by atoms with Gasteiger partial charge < -0.3 is 19.1 Å². The summed E-state index contributed by atoms with van der Waals surface area (Å²) >= 11 is 0. The molecular formula is C21H29N5O3. The molecule has 0 radical (unpaired) electrons. The zero-order valence-electron chi connectivity index (χ0n) is 17.3. The molecule has 4 rings (SSSR count). The summed E-state index contributed by atoms with van der Waals surface area (Å²) in [7, 11) is 6.02. The average molecular weight is 399 g/mol. The monoisotopic (exact) mass is 399 g/mol. The molecule has 29 heavy (non-hydrogen) atoms. The third-order valence-corrected chi connectivity index (χ3v) is 6.34. The highest BCUT2D eigenvalue weighted by Crippen LogP contribution is 2.39. The lowest BCUT2D eigenvalue weighted by atomic mass is 9.77. The van der Waals surface area contributed by atoms with Gasteiger partial charge in [0.1, 0.15) is 0 Å². The molecule has 1 aliphatic heterocycles. The van der Waals surface area contributed by atoms with Gasteiger partial charge in [0.25, 0.3) is 0 Å². The van der Waals surface area contributed by atoms with E-state index < -0.39 is 0 Å². The standard InChI is InChI=1S/C21H29N5O3/c1-25(2)17-9-15-12-26(13-16(15)10-18(17)28-3)20(27)7-6-19-23-21(24-29-19)14-5-4-8-22-11-14/h4-5,8,11,15-18H,6-7,9-10,12-13H2,1-3H3/t15-,16+,17-,18-/m1/s1. The Bertz CT molecular complexity index is 825. The number of hydrogen-bond acceptors (Lipinski definition) is 7. The van der Waals surface area contributed by atoms with E-state index in [9.17, 15) is 4.79 Å². The predicted octanol–water partition coefficient (Wildman–Crippen LogP) is 1.88. The van der Waals surface area contributed by atoms with Crippen LogP contribution in [0, 0.1) is 11.8 Å². The highest BCUT2D eigenvalue weighted by atomic mass is 16.5. The average Bonchev–Trinajstić information content (AvgIpc) is 3.38. The number of aryl methyl sites for hydroxylation is 1. The Morgan fingerprint density at radius 3 is 2.79 bits per heavy atom. The summed E-state index contributed by atoms with van der Waals surface area (Å²) in [4.78, 5) is 25.5. The number of carbonyl (C=O) groups excluding carboxylic acids is 1. The van der Waals surface area contributed by atoms with E-state index in [-0.39, 0.29) is 12.0 Å². The Hall–Kier alpha value is -2.32. The number of aromatic nitrogens is 3. The molecule has 0 spiro atoms. The first-order valence-electron chi connectivity index (χ1n) is 10.2. The molecule has 2 fully saturated rings. The van der Waals surface area contributed by atoms with E-state index in [1.807, 2.05) is 17.0 Å². The van der Waals surface area contributed by atoms with Gasteiger partial charge in [0, 0.05) is 57.0 Å². The van der Waals surface area contributed by atoms with Gasteiger partial charge in [-0.2, -0.15) is 4.98 Å². The molecule has 1 saturated heterocycles. The number of carbonyl (C=O) groups is 1. The van der Waals surface area contributed by atoms with Gasteiger partial charge in [-0.15, -0.1) is 0 Å². The van der Waals surface area contributed by atoms with E-state index >= 15 is 0 Å². The Morgan fingerprint density at radius 1 is 1.31 bits per heavy atom. The van der Waals surface area contributed by atoms with Crippen molar-refractivity contribution in [1.29, 1.82) is 0 Å². The zero-order valence-corrected chi connectivity index (χ0v) is 17.3. The summed E-state index contributed by atoms with van der Waals surface area (Å²) < 4.78 is 11.0. The number of amides is 1. The minimum Gasteiger partial charge on any atom is -0.380 e. The fraction of sp³-hybridized carbons (Fsp3) is 0.619. The molecule has 156 valence electrons. The molecule has 1 amide bonds. The van der Waals surface area contributed by atoms with Crippen molar-refractivity contribution in [2.75, 3.05) is 34.3 Å². The van der Waals surface area contributed by atoms with Crippen molar-refractivity contribution < 1.29 is 14.1 Å². The van der Waals surface area contributed by atoms with Gasteiger partial charge in [0.15, 0.2) is 0 Å². The molecule has 8 heteroatoms. The zero-order chi connectivity index (χ0) is 20.4. The van der Waals surface area contributed by atoms with Gasteiger partial charge in [-0.1, -0.05) is 5.16 Å². The Kier molecular flexibility index (Phi) is 5.91. The normalized spacial score (nSPS) is 26.7. The van der Waals surface area contributed by atoms with Gasteiger partial charge >= 0.3 is 0 Å². The number of pyridine rings is 1. The van der Waals surface area contributed by atoms with E-state index in [1.54, 1.807) is 19.5 Å². The molecule has 0 unspecified atom stereocenters. The lowest BCUT2D eigenvalue weighted by molar-refractivity contribution is -0.130. The Balaban J connectivity index is 1.32. The van der Waals surface area contributed by atoms with Crippen LogP contribution in [0.3, 0.4) is 0 Å². The Morgan fingerprint density at radius 2 is 2.10 bits per heavy atom. The van der Waals surface area contributed by atoms with Crippen LogP contribution < -0.4 is 0 Å². The van der Waals surface area contributed by atoms with Crippen molar-refractivity contribution in [2.45, 2.75) is 37.8 Å². The fourth-order valence-electron chi connectivity index (χ4n) is 4.73. The number of hydrogen-bond donors (Lipinski definition) is 0. The van der Waals surface area contributed by atoms with E-state index in [2.05, 4.69) is 34.1 Å². The lowest BCUT2D eigenvalue weighted by Crippen LogP contribution is -2.47. The molecule has 0 aromatic carbocycles. The van der Waals surface area contributed by atoms with Crippen molar-refractivity contribution in [2.24, 2.45) is 11.8 Å². The molecule has 3 heterocycles. The van der Waals surface area contributed by atoms with Crippen LogP contribution in [0.2, 0.25) is 0 Å². The molecule has 2 aromatic rings. The first-order valence-corrected chi connectivity index (χ1v) is 10.2. The number of likely N-dealkylation sites (tertiary alicyclic amines) is 1. The number of nitrogens with zero attached hydrogens (tertiary/aromatic N) is 5. The molecule has 1 saturated carbocycles. The summed E-state index contributed by atoms with van der Waals surface area (Å²) in [6, 6.07) is 4.13. The number of methoxy groups -OCH3 is 1.